The first-order valence-corrected chi connectivity index (χ1v) is 3.97. The fourth-order valence-electron chi connectivity index (χ4n) is 0.552. The van der Waals surface area contributed by atoms with Gasteiger partial charge in [-0.25, -0.2) is 9.97 Å². The predicted octanol–water partition coefficient (Wildman–Crippen LogP) is 0.905. The summed E-state index contributed by atoms with van der Waals surface area (Å²) in [4.78, 5) is 7.72. The van der Waals surface area contributed by atoms with Gasteiger partial charge in [-0.15, -0.1) is 0 Å². The minimum atomic E-state index is -0.596. The maximum absolute atomic E-state index is 9.16. The molecule has 0 aliphatic carbocycles. The van der Waals surface area contributed by atoms with Crippen LogP contribution in [0.3, 0.4) is 0 Å². The summed E-state index contributed by atoms with van der Waals surface area (Å²) in [6.07, 6.45) is 2.61. The zero-order valence-corrected chi connectivity index (χ0v) is 6.82. The van der Waals surface area contributed by atoms with Crippen molar-refractivity contribution in [2.24, 2.45) is 0 Å². The number of nitrogens with zero attached hydrogens (tertiary/aromatic N) is 2. The van der Waals surface area contributed by atoms with Crippen LogP contribution in [0.15, 0.2) is 18.5 Å². The number of aliphatic hydroxyl groups is 1. The van der Waals surface area contributed by atoms with Crippen LogP contribution < -0.4 is 0 Å². The summed E-state index contributed by atoms with van der Waals surface area (Å²) < 4.78 is 0. The maximum Gasteiger partial charge on any atom is 0.157 e. The zero-order valence-electron chi connectivity index (χ0n) is 5.24. The van der Waals surface area contributed by atoms with Crippen LogP contribution in [0, 0.1) is 0 Å². The molecule has 0 bridgehead atoms. The fourth-order valence-corrected chi connectivity index (χ4v) is 0.841. The van der Waals surface area contributed by atoms with Crippen molar-refractivity contribution >= 4 is 15.9 Å². The number of hydrogen-bond acceptors (Lipinski definition) is 3. The third-order valence-corrected chi connectivity index (χ3v) is 1.64. The van der Waals surface area contributed by atoms with E-state index < -0.39 is 6.10 Å². The van der Waals surface area contributed by atoms with Crippen molar-refractivity contribution < 1.29 is 5.11 Å². The summed E-state index contributed by atoms with van der Waals surface area (Å²) in [7, 11) is 0. The molecule has 1 rings (SSSR count). The smallest absolute Gasteiger partial charge is 0.157 e. The molecule has 54 valence electrons. The minimum absolute atomic E-state index is 0.458. The quantitative estimate of drug-likeness (QED) is 0.726. The highest BCUT2D eigenvalue weighted by Crippen LogP contribution is 2.07. The topological polar surface area (TPSA) is 46.0 Å². The first kappa shape index (κ1) is 7.63. The van der Waals surface area contributed by atoms with Gasteiger partial charge in [-0.2, -0.15) is 0 Å². The van der Waals surface area contributed by atoms with Crippen LogP contribution >= 0.6 is 15.9 Å². The van der Waals surface area contributed by atoms with Crippen LogP contribution in [0.2, 0.25) is 0 Å². The van der Waals surface area contributed by atoms with Crippen LogP contribution in [-0.4, -0.2) is 20.4 Å². The Labute approximate surface area is 67.3 Å². The molecule has 10 heavy (non-hydrogen) atoms. The molecule has 1 heterocycles. The van der Waals surface area contributed by atoms with Crippen molar-refractivity contribution in [2.45, 2.75) is 6.10 Å². The average Bonchev–Trinajstić information content (AvgIpc) is 2.05. The second kappa shape index (κ2) is 3.63. The van der Waals surface area contributed by atoms with E-state index in [-0.39, 0.29) is 0 Å². The molecule has 0 amide bonds. The Morgan fingerprint density at radius 1 is 1.50 bits per heavy atom. The summed E-state index contributed by atoms with van der Waals surface area (Å²) >= 11 is 3.12. The van der Waals surface area contributed by atoms with E-state index in [9.17, 15) is 0 Å². The monoisotopic (exact) mass is 202 g/mol. The summed E-state index contributed by atoms with van der Waals surface area (Å²) in [5, 5.41) is 9.63. The first-order valence-electron chi connectivity index (χ1n) is 2.85. The second-order valence-corrected chi connectivity index (χ2v) is 2.42. The molecule has 3 nitrogen and oxygen atoms in total. The fraction of sp³-hybridized carbons (Fsp3) is 0.333. The maximum atomic E-state index is 9.16. The van der Waals surface area contributed by atoms with Crippen LogP contribution in [0.25, 0.3) is 0 Å². The first-order chi connectivity index (χ1) is 4.84. The van der Waals surface area contributed by atoms with E-state index in [1.165, 1.54) is 0 Å². The van der Waals surface area contributed by atoms with Gasteiger partial charge in [0.1, 0.15) is 6.10 Å². The lowest BCUT2D eigenvalue weighted by atomic mass is 10.4. The number of halogens is 1. The second-order valence-electron chi connectivity index (χ2n) is 1.78. The van der Waals surface area contributed by atoms with Gasteiger partial charge in [0, 0.05) is 17.7 Å². The Bertz CT molecular complexity index is 192. The van der Waals surface area contributed by atoms with Gasteiger partial charge in [0.2, 0.25) is 0 Å². The molecule has 0 fully saturated rings. The predicted molar refractivity (Wildman–Crippen MR) is 40.8 cm³/mol. The lowest BCUT2D eigenvalue weighted by Gasteiger charge is -2.02. The van der Waals surface area contributed by atoms with Gasteiger partial charge >= 0.3 is 0 Å². The summed E-state index contributed by atoms with van der Waals surface area (Å²) in [5.41, 5.74) is 0. The third-order valence-electron chi connectivity index (χ3n) is 1.03. The number of aromatic nitrogens is 2. The van der Waals surface area contributed by atoms with Crippen LogP contribution in [0.1, 0.15) is 11.9 Å². The van der Waals surface area contributed by atoms with Gasteiger partial charge in [-0.3, -0.25) is 0 Å². The van der Waals surface area contributed by atoms with E-state index >= 15 is 0 Å². The zero-order chi connectivity index (χ0) is 7.40. The Morgan fingerprint density at radius 3 is 2.60 bits per heavy atom. The number of aliphatic hydroxyl groups excluding tert-OH is 1. The molecule has 0 spiro atoms. The highest BCUT2D eigenvalue weighted by Gasteiger charge is 2.05. The molecule has 0 aromatic carbocycles. The Balaban J connectivity index is 2.75. The standard InChI is InChI=1S/C6H7BrN2O/c7-4-5(10)6-8-2-1-3-9-6/h1-3,5,10H,4H2. The highest BCUT2D eigenvalue weighted by atomic mass is 79.9. The van der Waals surface area contributed by atoms with Crippen LogP contribution in [0.4, 0.5) is 0 Å². The summed E-state index contributed by atoms with van der Waals surface area (Å²) in [5.74, 6) is 0.458. The highest BCUT2D eigenvalue weighted by molar-refractivity contribution is 9.09. The largest absolute Gasteiger partial charge is 0.384 e. The molecular weight excluding hydrogens is 196 g/mol. The van der Waals surface area contributed by atoms with Crippen molar-refractivity contribution in [3.63, 3.8) is 0 Å². The molecule has 0 aliphatic rings. The van der Waals surface area contributed by atoms with E-state index in [1.54, 1.807) is 18.5 Å². The van der Waals surface area contributed by atoms with Gasteiger partial charge in [0.05, 0.1) is 0 Å². The molecule has 1 unspecified atom stereocenters. The lowest BCUT2D eigenvalue weighted by molar-refractivity contribution is 0.195. The number of rotatable bonds is 2. The molecule has 0 radical (unpaired) electrons. The molecule has 0 saturated carbocycles. The number of hydrogen-bond donors (Lipinski definition) is 1. The molecule has 1 N–H and O–H groups in total. The van der Waals surface area contributed by atoms with Crippen molar-refractivity contribution in [1.29, 1.82) is 0 Å². The molecule has 1 atom stereocenters. The summed E-state index contributed by atoms with van der Waals surface area (Å²) in [6, 6.07) is 1.71. The summed E-state index contributed by atoms with van der Waals surface area (Å²) in [6.45, 7) is 0. The molecule has 1 aromatic heterocycles. The van der Waals surface area contributed by atoms with Gasteiger partial charge in [-0.05, 0) is 6.07 Å². The van der Waals surface area contributed by atoms with Crippen molar-refractivity contribution in [2.75, 3.05) is 5.33 Å². The van der Waals surface area contributed by atoms with E-state index in [4.69, 9.17) is 5.11 Å². The van der Waals surface area contributed by atoms with Gasteiger partial charge < -0.3 is 5.11 Å². The lowest BCUT2D eigenvalue weighted by Crippen LogP contribution is -2.03. The SMILES string of the molecule is OC(CBr)c1ncccn1. The van der Waals surface area contributed by atoms with E-state index in [1.807, 2.05) is 0 Å². The van der Waals surface area contributed by atoms with E-state index in [0.717, 1.165) is 0 Å². The average molecular weight is 203 g/mol. The molecule has 1 aromatic rings. The van der Waals surface area contributed by atoms with E-state index in [2.05, 4.69) is 25.9 Å². The van der Waals surface area contributed by atoms with Crippen molar-refractivity contribution in [3.05, 3.63) is 24.3 Å². The van der Waals surface area contributed by atoms with Crippen molar-refractivity contribution in [3.8, 4) is 0 Å². The normalized spacial score (nSPS) is 13.0. The van der Waals surface area contributed by atoms with Gasteiger partial charge in [0.15, 0.2) is 5.82 Å². The number of alkyl halides is 1. The molecule has 4 heteroatoms. The van der Waals surface area contributed by atoms with Gasteiger partial charge in [0.25, 0.3) is 0 Å². The Hall–Kier alpha value is -0.480. The van der Waals surface area contributed by atoms with Crippen molar-refractivity contribution in [1.82, 2.24) is 9.97 Å². The van der Waals surface area contributed by atoms with E-state index in [0.29, 0.717) is 11.2 Å². The minimum Gasteiger partial charge on any atom is -0.384 e. The molecular formula is C6H7BrN2O. The Kier molecular flexibility index (Phi) is 2.77. The molecule has 0 aliphatic heterocycles. The third kappa shape index (κ3) is 1.75. The van der Waals surface area contributed by atoms with Crippen LogP contribution in [-0.2, 0) is 0 Å². The molecule has 0 saturated heterocycles. The van der Waals surface area contributed by atoms with Crippen LogP contribution in [0.5, 0.6) is 0 Å². The van der Waals surface area contributed by atoms with Gasteiger partial charge in [-0.1, -0.05) is 15.9 Å². The Morgan fingerprint density at radius 2 is 2.10 bits per heavy atom.